The molecule has 0 aliphatic carbocycles. The number of pyridine rings is 1. The predicted octanol–water partition coefficient (Wildman–Crippen LogP) is 4.20. The summed E-state index contributed by atoms with van der Waals surface area (Å²) < 4.78 is 8.19. The van der Waals surface area contributed by atoms with Crippen molar-refractivity contribution in [2.24, 2.45) is 0 Å². The molecule has 2 fully saturated rings. The third kappa shape index (κ3) is 4.49. The lowest BCUT2D eigenvalue weighted by Crippen LogP contribution is -2.31. The lowest BCUT2D eigenvalue weighted by atomic mass is 10.0. The first kappa shape index (κ1) is 21.6. The number of aromatic nitrogens is 2. The average molecular weight is 462 g/mol. The highest BCUT2D eigenvalue weighted by molar-refractivity contribution is 7.80. The van der Waals surface area contributed by atoms with Crippen LogP contribution in [0.2, 0.25) is 0 Å². The smallest absolute Gasteiger partial charge is 0.221 e. The quantitative estimate of drug-likeness (QED) is 0.536. The van der Waals surface area contributed by atoms with Crippen LogP contribution < -0.4 is 15.5 Å². The second-order valence-corrected chi connectivity index (χ2v) is 8.83. The number of nitrogens with zero attached hydrogens (tertiary/aromatic N) is 3. The summed E-state index contributed by atoms with van der Waals surface area (Å²) in [4.78, 5) is 18.2. The van der Waals surface area contributed by atoms with E-state index in [1.54, 1.807) is 0 Å². The molecular weight excluding hydrogens is 434 g/mol. The number of thiocarbonyl (C=S) groups is 1. The molecule has 33 heavy (non-hydrogen) atoms. The molecule has 170 valence electrons. The lowest BCUT2D eigenvalue weighted by Gasteiger charge is -2.29. The number of hydrogen-bond acceptors (Lipinski definition) is 4. The molecule has 3 aromatic rings. The highest BCUT2D eigenvalue weighted by Gasteiger charge is 2.42. The van der Waals surface area contributed by atoms with Gasteiger partial charge in [-0.3, -0.25) is 9.78 Å². The molecule has 5 rings (SSSR count). The van der Waals surface area contributed by atoms with Gasteiger partial charge in [0.05, 0.1) is 17.8 Å². The molecule has 0 bridgehead atoms. The van der Waals surface area contributed by atoms with Crippen LogP contribution in [0, 0.1) is 0 Å². The molecule has 3 atom stereocenters. The predicted molar refractivity (Wildman–Crippen MR) is 132 cm³/mol. The number of nitrogens with one attached hydrogen (secondary N) is 2. The van der Waals surface area contributed by atoms with Gasteiger partial charge in [-0.05, 0) is 73.6 Å². The average Bonchev–Trinajstić information content (AvgIpc) is 3.55. The summed E-state index contributed by atoms with van der Waals surface area (Å²) in [7, 11) is 0. The number of amides is 1. The zero-order valence-corrected chi connectivity index (χ0v) is 19.3. The van der Waals surface area contributed by atoms with Crippen molar-refractivity contribution in [3.05, 3.63) is 78.4 Å². The third-order valence-electron chi connectivity index (χ3n) is 6.16. The standard InChI is InChI=1S/C25H27N5O2S/c1-17(31)27-18-9-11-19(12-10-18)30-24(23(28-25(30)33)21-7-2-3-13-26-21)22-8-4-14-29(22)16-20-6-5-15-32-20/h2-4,7-14,20,23-24H,5-6,15-16H2,1H3,(H,27,31)(H,28,33)/t20-,23-,24+/m1/s1. The molecule has 0 saturated carbocycles. The van der Waals surface area contributed by atoms with E-state index in [9.17, 15) is 4.79 Å². The number of carbonyl (C=O) groups excluding carboxylic acids is 1. The molecule has 0 unspecified atom stereocenters. The van der Waals surface area contributed by atoms with Crippen molar-refractivity contribution in [3.8, 4) is 0 Å². The maximum Gasteiger partial charge on any atom is 0.221 e. The molecule has 4 heterocycles. The van der Waals surface area contributed by atoms with Gasteiger partial charge < -0.3 is 24.8 Å². The summed E-state index contributed by atoms with van der Waals surface area (Å²) in [6.07, 6.45) is 6.35. The van der Waals surface area contributed by atoms with Gasteiger partial charge >= 0.3 is 0 Å². The molecule has 2 aliphatic rings. The van der Waals surface area contributed by atoms with Crippen molar-refractivity contribution in [2.45, 2.75) is 44.5 Å². The van der Waals surface area contributed by atoms with Gasteiger partial charge in [0.25, 0.3) is 0 Å². The van der Waals surface area contributed by atoms with Gasteiger partial charge in [0.15, 0.2) is 5.11 Å². The Morgan fingerprint density at radius 1 is 1.21 bits per heavy atom. The van der Waals surface area contributed by atoms with Gasteiger partial charge in [-0.1, -0.05) is 6.07 Å². The summed E-state index contributed by atoms with van der Waals surface area (Å²) in [5, 5.41) is 6.97. The van der Waals surface area contributed by atoms with E-state index in [0.717, 1.165) is 48.8 Å². The van der Waals surface area contributed by atoms with Crippen LogP contribution in [0.5, 0.6) is 0 Å². The molecule has 8 heteroatoms. The zero-order valence-electron chi connectivity index (χ0n) is 18.5. The number of benzene rings is 1. The fraction of sp³-hybridized carbons (Fsp3) is 0.320. The number of carbonyl (C=O) groups is 1. The highest BCUT2D eigenvalue weighted by atomic mass is 32.1. The van der Waals surface area contributed by atoms with Crippen LogP contribution in [0.1, 0.15) is 43.2 Å². The minimum absolute atomic E-state index is 0.0876. The fourth-order valence-corrected chi connectivity index (χ4v) is 5.06. The van der Waals surface area contributed by atoms with Crippen LogP contribution in [-0.4, -0.2) is 33.3 Å². The van der Waals surface area contributed by atoms with Crippen LogP contribution in [0.4, 0.5) is 11.4 Å². The van der Waals surface area contributed by atoms with Crippen molar-refractivity contribution in [1.82, 2.24) is 14.9 Å². The Hall–Kier alpha value is -3.23. The van der Waals surface area contributed by atoms with Gasteiger partial charge in [-0.2, -0.15) is 0 Å². The second kappa shape index (κ2) is 9.33. The van der Waals surface area contributed by atoms with Crippen LogP contribution in [0.15, 0.2) is 67.0 Å². The Labute approximate surface area is 198 Å². The summed E-state index contributed by atoms with van der Waals surface area (Å²) in [6, 6.07) is 17.8. The van der Waals surface area contributed by atoms with Crippen molar-refractivity contribution in [3.63, 3.8) is 0 Å². The zero-order chi connectivity index (χ0) is 22.8. The van der Waals surface area contributed by atoms with Gasteiger partial charge in [0.1, 0.15) is 6.04 Å². The number of rotatable bonds is 6. The number of hydrogen-bond donors (Lipinski definition) is 2. The Morgan fingerprint density at radius 3 is 2.76 bits per heavy atom. The molecule has 2 N–H and O–H groups in total. The Morgan fingerprint density at radius 2 is 2.06 bits per heavy atom. The van der Waals surface area contributed by atoms with Crippen molar-refractivity contribution >= 4 is 34.6 Å². The van der Waals surface area contributed by atoms with Crippen LogP contribution >= 0.6 is 12.2 Å². The Bertz CT molecular complexity index is 1130. The molecule has 2 aromatic heterocycles. The van der Waals surface area contributed by atoms with Crippen molar-refractivity contribution in [2.75, 3.05) is 16.8 Å². The Kier molecular flexibility index (Phi) is 6.11. The van der Waals surface area contributed by atoms with Gasteiger partial charge in [0.2, 0.25) is 5.91 Å². The summed E-state index contributed by atoms with van der Waals surface area (Å²) in [6.45, 7) is 3.15. The van der Waals surface area contributed by atoms with E-state index in [1.165, 1.54) is 6.92 Å². The minimum Gasteiger partial charge on any atom is -0.376 e. The molecule has 0 spiro atoms. The molecule has 1 aromatic carbocycles. The maximum absolute atomic E-state index is 11.4. The highest BCUT2D eigenvalue weighted by Crippen LogP contribution is 2.42. The molecule has 7 nitrogen and oxygen atoms in total. The van der Waals surface area contributed by atoms with Crippen molar-refractivity contribution < 1.29 is 9.53 Å². The molecular formula is C25H27N5O2S. The second-order valence-electron chi connectivity index (χ2n) is 8.45. The fourth-order valence-electron chi connectivity index (χ4n) is 4.71. The number of anilines is 2. The van der Waals surface area contributed by atoms with E-state index in [4.69, 9.17) is 17.0 Å². The van der Waals surface area contributed by atoms with E-state index >= 15 is 0 Å². The van der Waals surface area contributed by atoms with Crippen LogP contribution in [0.25, 0.3) is 0 Å². The summed E-state index contributed by atoms with van der Waals surface area (Å²) >= 11 is 5.82. The van der Waals surface area contributed by atoms with E-state index in [2.05, 4.69) is 43.4 Å². The van der Waals surface area contributed by atoms with Gasteiger partial charge in [-0.25, -0.2) is 0 Å². The Balaban J connectivity index is 1.53. The first-order valence-corrected chi connectivity index (χ1v) is 11.7. The SMILES string of the molecule is CC(=O)Nc1ccc(N2C(=S)N[C@H](c3ccccn3)[C@@H]2c2cccn2C[C@H]2CCCO2)cc1. The van der Waals surface area contributed by atoms with E-state index in [0.29, 0.717) is 5.11 Å². The molecule has 2 saturated heterocycles. The van der Waals surface area contributed by atoms with Crippen LogP contribution in [-0.2, 0) is 16.1 Å². The first-order chi connectivity index (χ1) is 16.1. The van der Waals surface area contributed by atoms with Gasteiger partial charge in [0, 0.05) is 49.5 Å². The molecule has 0 radical (unpaired) electrons. The van der Waals surface area contributed by atoms with E-state index in [1.807, 2.05) is 48.7 Å². The molecule has 2 aliphatic heterocycles. The van der Waals surface area contributed by atoms with E-state index < -0.39 is 0 Å². The largest absolute Gasteiger partial charge is 0.376 e. The summed E-state index contributed by atoms with van der Waals surface area (Å²) in [5.74, 6) is -0.0961. The van der Waals surface area contributed by atoms with Gasteiger partial charge in [-0.15, -0.1) is 0 Å². The van der Waals surface area contributed by atoms with Crippen LogP contribution in [0.3, 0.4) is 0 Å². The van der Waals surface area contributed by atoms with E-state index in [-0.39, 0.29) is 24.1 Å². The third-order valence-corrected chi connectivity index (χ3v) is 6.47. The topological polar surface area (TPSA) is 71.4 Å². The first-order valence-electron chi connectivity index (χ1n) is 11.2. The maximum atomic E-state index is 11.4. The van der Waals surface area contributed by atoms with Crippen molar-refractivity contribution in [1.29, 1.82) is 0 Å². The summed E-state index contributed by atoms with van der Waals surface area (Å²) in [5.41, 5.74) is 3.80. The monoisotopic (exact) mass is 461 g/mol. The molecule has 1 amide bonds. The number of ether oxygens (including phenoxy) is 1. The lowest BCUT2D eigenvalue weighted by molar-refractivity contribution is -0.114. The minimum atomic E-state index is -0.105. The normalized spacial score (nSPS) is 22.4.